The van der Waals surface area contributed by atoms with E-state index in [0.717, 1.165) is 0 Å². The van der Waals surface area contributed by atoms with Gasteiger partial charge in [0.25, 0.3) is 5.91 Å². The fourth-order valence-electron chi connectivity index (χ4n) is 2.48. The third-order valence-corrected chi connectivity index (χ3v) is 3.69. The Labute approximate surface area is 140 Å². The molecule has 0 saturated heterocycles. The first-order chi connectivity index (χ1) is 11.3. The lowest BCUT2D eigenvalue weighted by atomic mass is 10.1. The summed E-state index contributed by atoms with van der Waals surface area (Å²) in [5.41, 5.74) is 2.98. The molecule has 0 radical (unpaired) electrons. The molecule has 1 amide bonds. The molecular weight excluding hydrogens is 308 g/mol. The Bertz CT molecular complexity index is 788. The summed E-state index contributed by atoms with van der Waals surface area (Å²) >= 11 is 0. The molecule has 6 heteroatoms. The van der Waals surface area contributed by atoms with Crippen molar-refractivity contribution in [3.8, 4) is 0 Å². The second-order valence-electron chi connectivity index (χ2n) is 5.43. The van der Waals surface area contributed by atoms with Crippen molar-refractivity contribution in [1.82, 2.24) is 4.98 Å². The van der Waals surface area contributed by atoms with Crippen LogP contribution in [0.15, 0.2) is 24.3 Å². The predicted molar refractivity (Wildman–Crippen MR) is 90.6 cm³/mol. The SMILES string of the molecule is CCOC(=O)c1[nH]c(C)c(C(=O)Nc2ccc(C(C)=O)cc2)c1C. The number of aryl methyl sites for hydroxylation is 1. The first-order valence-corrected chi connectivity index (χ1v) is 7.63. The quantitative estimate of drug-likeness (QED) is 0.651. The molecule has 6 nitrogen and oxygen atoms in total. The van der Waals surface area contributed by atoms with Crippen LogP contribution in [0.5, 0.6) is 0 Å². The topological polar surface area (TPSA) is 88.3 Å². The van der Waals surface area contributed by atoms with Crippen molar-refractivity contribution in [2.75, 3.05) is 11.9 Å². The number of anilines is 1. The first kappa shape index (κ1) is 17.5. The first-order valence-electron chi connectivity index (χ1n) is 7.63. The Morgan fingerprint density at radius 2 is 1.75 bits per heavy atom. The summed E-state index contributed by atoms with van der Waals surface area (Å²) < 4.78 is 4.98. The Balaban J connectivity index is 2.23. The van der Waals surface area contributed by atoms with Crippen molar-refractivity contribution >= 4 is 23.3 Å². The number of ether oxygens (including phenoxy) is 1. The number of ketones is 1. The van der Waals surface area contributed by atoms with Gasteiger partial charge in [0, 0.05) is 16.9 Å². The third-order valence-electron chi connectivity index (χ3n) is 3.69. The molecule has 0 atom stereocenters. The largest absolute Gasteiger partial charge is 0.461 e. The smallest absolute Gasteiger partial charge is 0.355 e. The number of hydrogen-bond donors (Lipinski definition) is 2. The number of aromatic nitrogens is 1. The van der Waals surface area contributed by atoms with Crippen molar-refractivity contribution in [1.29, 1.82) is 0 Å². The number of amides is 1. The van der Waals surface area contributed by atoms with Crippen LogP contribution in [0.2, 0.25) is 0 Å². The molecule has 0 aliphatic heterocycles. The van der Waals surface area contributed by atoms with Crippen LogP contribution in [0.1, 0.15) is 56.3 Å². The Morgan fingerprint density at radius 3 is 2.29 bits per heavy atom. The van der Waals surface area contributed by atoms with E-state index in [-0.39, 0.29) is 24.0 Å². The summed E-state index contributed by atoms with van der Waals surface area (Å²) in [5, 5.41) is 2.77. The van der Waals surface area contributed by atoms with E-state index in [9.17, 15) is 14.4 Å². The highest BCUT2D eigenvalue weighted by molar-refractivity contribution is 6.08. The van der Waals surface area contributed by atoms with Gasteiger partial charge in [0.05, 0.1) is 12.2 Å². The molecule has 1 heterocycles. The third kappa shape index (κ3) is 3.53. The van der Waals surface area contributed by atoms with Gasteiger partial charge < -0.3 is 15.0 Å². The van der Waals surface area contributed by atoms with E-state index in [1.807, 2.05) is 0 Å². The number of nitrogens with one attached hydrogen (secondary N) is 2. The fraction of sp³-hybridized carbons (Fsp3) is 0.278. The van der Waals surface area contributed by atoms with Gasteiger partial charge in [-0.15, -0.1) is 0 Å². The Hall–Kier alpha value is -2.89. The van der Waals surface area contributed by atoms with Gasteiger partial charge in [0.2, 0.25) is 0 Å². The van der Waals surface area contributed by atoms with E-state index in [0.29, 0.717) is 28.1 Å². The lowest BCUT2D eigenvalue weighted by Crippen LogP contribution is -2.14. The zero-order valence-electron chi connectivity index (χ0n) is 14.1. The normalized spacial score (nSPS) is 10.3. The Morgan fingerprint density at radius 1 is 1.12 bits per heavy atom. The van der Waals surface area contributed by atoms with Gasteiger partial charge in [-0.25, -0.2) is 4.79 Å². The fourth-order valence-corrected chi connectivity index (χ4v) is 2.48. The van der Waals surface area contributed by atoms with Gasteiger partial charge in [0.1, 0.15) is 5.69 Å². The minimum Gasteiger partial charge on any atom is -0.461 e. The van der Waals surface area contributed by atoms with E-state index in [1.165, 1.54) is 6.92 Å². The van der Waals surface area contributed by atoms with Gasteiger partial charge in [-0.3, -0.25) is 9.59 Å². The molecule has 0 unspecified atom stereocenters. The van der Waals surface area contributed by atoms with Crippen molar-refractivity contribution in [3.63, 3.8) is 0 Å². The number of esters is 1. The van der Waals surface area contributed by atoms with E-state index in [2.05, 4.69) is 10.3 Å². The Kier molecular flexibility index (Phi) is 5.18. The molecule has 0 bridgehead atoms. The van der Waals surface area contributed by atoms with Crippen LogP contribution >= 0.6 is 0 Å². The monoisotopic (exact) mass is 328 g/mol. The zero-order chi connectivity index (χ0) is 17.9. The molecule has 2 N–H and O–H groups in total. The maximum Gasteiger partial charge on any atom is 0.355 e. The van der Waals surface area contributed by atoms with Crippen LogP contribution < -0.4 is 5.32 Å². The molecule has 0 aliphatic carbocycles. The summed E-state index contributed by atoms with van der Waals surface area (Å²) in [4.78, 5) is 38.6. The maximum absolute atomic E-state index is 12.5. The standard InChI is InChI=1S/C18H20N2O4/c1-5-24-18(23)16-10(2)15(11(3)19-16)17(22)20-14-8-6-13(7-9-14)12(4)21/h6-9,19H,5H2,1-4H3,(H,20,22). The number of carbonyl (C=O) groups is 3. The van der Waals surface area contributed by atoms with Crippen molar-refractivity contribution in [2.45, 2.75) is 27.7 Å². The van der Waals surface area contributed by atoms with E-state index < -0.39 is 5.97 Å². The highest BCUT2D eigenvalue weighted by Crippen LogP contribution is 2.21. The molecule has 24 heavy (non-hydrogen) atoms. The van der Waals surface area contributed by atoms with E-state index in [1.54, 1.807) is 45.0 Å². The van der Waals surface area contributed by atoms with Crippen molar-refractivity contribution in [2.24, 2.45) is 0 Å². The van der Waals surface area contributed by atoms with Gasteiger partial charge in [-0.05, 0) is 57.5 Å². The number of aromatic amines is 1. The minimum atomic E-state index is -0.483. The molecule has 0 fully saturated rings. The molecule has 2 aromatic rings. The number of benzene rings is 1. The molecule has 0 aliphatic rings. The van der Waals surface area contributed by atoms with Gasteiger partial charge in [0.15, 0.2) is 5.78 Å². The van der Waals surface area contributed by atoms with Crippen LogP contribution in [-0.4, -0.2) is 29.3 Å². The van der Waals surface area contributed by atoms with Crippen LogP contribution in [0.3, 0.4) is 0 Å². The van der Waals surface area contributed by atoms with E-state index >= 15 is 0 Å². The second-order valence-corrected chi connectivity index (χ2v) is 5.43. The summed E-state index contributed by atoms with van der Waals surface area (Å²) in [6.07, 6.45) is 0. The van der Waals surface area contributed by atoms with Gasteiger partial charge in [-0.1, -0.05) is 0 Å². The summed E-state index contributed by atoms with van der Waals surface area (Å²) in [7, 11) is 0. The van der Waals surface area contributed by atoms with Crippen molar-refractivity contribution < 1.29 is 19.1 Å². The maximum atomic E-state index is 12.5. The lowest BCUT2D eigenvalue weighted by molar-refractivity contribution is 0.0519. The minimum absolute atomic E-state index is 0.0377. The predicted octanol–water partition coefficient (Wildman–Crippen LogP) is 3.26. The number of hydrogen-bond acceptors (Lipinski definition) is 4. The average molecular weight is 328 g/mol. The molecule has 1 aromatic carbocycles. The molecule has 2 rings (SSSR count). The lowest BCUT2D eigenvalue weighted by Gasteiger charge is -2.07. The highest BCUT2D eigenvalue weighted by atomic mass is 16.5. The van der Waals surface area contributed by atoms with Crippen LogP contribution in [0.4, 0.5) is 5.69 Å². The summed E-state index contributed by atoms with van der Waals surface area (Å²) in [6, 6.07) is 6.63. The van der Waals surface area contributed by atoms with E-state index in [4.69, 9.17) is 4.74 Å². The number of H-pyrrole nitrogens is 1. The summed E-state index contributed by atoms with van der Waals surface area (Å²) in [6.45, 7) is 6.89. The highest BCUT2D eigenvalue weighted by Gasteiger charge is 2.22. The average Bonchev–Trinajstić information content (AvgIpc) is 2.83. The molecule has 126 valence electrons. The number of carbonyl (C=O) groups excluding carboxylic acids is 3. The van der Waals surface area contributed by atoms with Crippen LogP contribution in [0.25, 0.3) is 0 Å². The van der Waals surface area contributed by atoms with Crippen molar-refractivity contribution in [3.05, 3.63) is 52.3 Å². The number of rotatable bonds is 5. The zero-order valence-corrected chi connectivity index (χ0v) is 14.1. The van der Waals surface area contributed by atoms with Crippen LogP contribution in [0, 0.1) is 13.8 Å². The summed E-state index contributed by atoms with van der Waals surface area (Å²) in [5.74, 6) is -0.848. The molecule has 0 saturated carbocycles. The van der Waals surface area contributed by atoms with Gasteiger partial charge >= 0.3 is 5.97 Å². The molecule has 1 aromatic heterocycles. The second kappa shape index (κ2) is 7.12. The molecular formula is C18H20N2O4. The number of Topliss-reactive ketones (excluding diaryl/α,β-unsaturated/α-hetero) is 1. The van der Waals surface area contributed by atoms with Gasteiger partial charge in [-0.2, -0.15) is 0 Å². The molecule has 0 spiro atoms. The van der Waals surface area contributed by atoms with Crippen LogP contribution in [-0.2, 0) is 4.74 Å².